The number of rotatable bonds is 3. The molecule has 1 fully saturated rings. The van der Waals surface area contributed by atoms with Crippen molar-refractivity contribution in [2.24, 2.45) is 5.41 Å². The predicted molar refractivity (Wildman–Crippen MR) is 74.9 cm³/mol. The topological polar surface area (TPSA) is 55.6 Å². The smallest absolute Gasteiger partial charge is 0.311 e. The fraction of sp³-hybridized carbons (Fsp3) is 0.571. The first kappa shape index (κ1) is 13.6. The molecule has 1 aromatic rings. The number of nitro groups is 1. The second kappa shape index (κ2) is 5.07. The minimum Gasteiger partial charge on any atom is -0.490 e. The van der Waals surface area contributed by atoms with E-state index in [9.17, 15) is 10.1 Å². The summed E-state index contributed by atoms with van der Waals surface area (Å²) in [6, 6.07) is 5.09. The fourth-order valence-electron chi connectivity index (χ4n) is 2.66. The summed E-state index contributed by atoms with van der Waals surface area (Å²) >= 11 is 0. The molecule has 2 rings (SSSR count). The predicted octanol–water partition coefficient (Wildman–Crippen LogP) is 3.23. The Bertz CT molecular complexity index is 486. The molecule has 19 heavy (non-hydrogen) atoms. The number of anilines is 1. The quantitative estimate of drug-likeness (QED) is 0.621. The van der Waals surface area contributed by atoms with Crippen LogP contribution in [0.3, 0.4) is 0 Å². The van der Waals surface area contributed by atoms with Crippen molar-refractivity contribution in [2.75, 3.05) is 25.1 Å². The Morgan fingerprint density at radius 3 is 2.74 bits per heavy atom. The molecule has 0 N–H and O–H groups in total. The van der Waals surface area contributed by atoms with E-state index in [2.05, 4.69) is 18.7 Å². The number of methoxy groups -OCH3 is 1. The van der Waals surface area contributed by atoms with E-state index >= 15 is 0 Å². The van der Waals surface area contributed by atoms with Crippen LogP contribution < -0.4 is 9.64 Å². The van der Waals surface area contributed by atoms with Crippen molar-refractivity contribution < 1.29 is 9.66 Å². The molecule has 1 aromatic carbocycles. The summed E-state index contributed by atoms with van der Waals surface area (Å²) < 4.78 is 5.12. The SMILES string of the molecule is COc1cc(N2CCCC(C)(C)C2)ccc1[N+](=O)[O-]. The van der Waals surface area contributed by atoms with Crippen molar-refractivity contribution in [1.82, 2.24) is 0 Å². The number of benzene rings is 1. The largest absolute Gasteiger partial charge is 0.490 e. The molecule has 5 heteroatoms. The zero-order valence-electron chi connectivity index (χ0n) is 11.7. The number of ether oxygens (including phenoxy) is 1. The van der Waals surface area contributed by atoms with E-state index in [1.165, 1.54) is 19.6 Å². The Balaban J connectivity index is 2.28. The Morgan fingerprint density at radius 1 is 1.42 bits per heavy atom. The lowest BCUT2D eigenvalue weighted by atomic mass is 9.84. The highest BCUT2D eigenvalue weighted by molar-refractivity contribution is 5.59. The Labute approximate surface area is 113 Å². The van der Waals surface area contributed by atoms with Gasteiger partial charge in [0.15, 0.2) is 5.75 Å². The van der Waals surface area contributed by atoms with Gasteiger partial charge in [0.25, 0.3) is 0 Å². The van der Waals surface area contributed by atoms with E-state index in [-0.39, 0.29) is 11.1 Å². The van der Waals surface area contributed by atoms with Gasteiger partial charge in [0.1, 0.15) is 0 Å². The Hall–Kier alpha value is -1.78. The fourth-order valence-corrected chi connectivity index (χ4v) is 2.66. The van der Waals surface area contributed by atoms with Crippen LogP contribution in [-0.4, -0.2) is 25.1 Å². The van der Waals surface area contributed by atoms with E-state index < -0.39 is 4.92 Å². The third-order valence-corrected chi connectivity index (χ3v) is 3.63. The van der Waals surface area contributed by atoms with Crippen LogP contribution in [0.4, 0.5) is 11.4 Å². The molecule has 0 aliphatic carbocycles. The average molecular weight is 264 g/mol. The first-order valence-electron chi connectivity index (χ1n) is 6.50. The first-order chi connectivity index (χ1) is 8.93. The minimum absolute atomic E-state index is 0.0162. The van der Waals surface area contributed by atoms with Crippen LogP contribution in [0.5, 0.6) is 5.75 Å². The van der Waals surface area contributed by atoms with Gasteiger partial charge in [-0.3, -0.25) is 10.1 Å². The van der Waals surface area contributed by atoms with E-state index in [0.717, 1.165) is 25.2 Å². The van der Waals surface area contributed by atoms with Crippen molar-refractivity contribution in [2.45, 2.75) is 26.7 Å². The van der Waals surface area contributed by atoms with Crippen LogP contribution in [0, 0.1) is 15.5 Å². The molecule has 0 saturated carbocycles. The summed E-state index contributed by atoms with van der Waals surface area (Å²) in [7, 11) is 1.46. The second-order valence-electron chi connectivity index (χ2n) is 5.80. The summed E-state index contributed by atoms with van der Waals surface area (Å²) in [5.41, 5.74) is 1.30. The van der Waals surface area contributed by atoms with Gasteiger partial charge in [-0.2, -0.15) is 0 Å². The molecule has 0 amide bonds. The molecular weight excluding hydrogens is 244 g/mol. The van der Waals surface area contributed by atoms with Crippen molar-refractivity contribution in [3.63, 3.8) is 0 Å². The number of nitrogens with zero attached hydrogens (tertiary/aromatic N) is 2. The summed E-state index contributed by atoms with van der Waals surface area (Å²) in [6.07, 6.45) is 2.36. The molecule has 1 saturated heterocycles. The van der Waals surface area contributed by atoms with Crippen LogP contribution in [0.1, 0.15) is 26.7 Å². The standard InChI is InChI=1S/C14H20N2O3/c1-14(2)7-4-8-15(10-14)11-5-6-12(16(17)18)13(9-11)19-3/h5-6,9H,4,7-8,10H2,1-3H3. The zero-order chi connectivity index (χ0) is 14.0. The van der Waals surface area contributed by atoms with Crippen molar-refractivity contribution in [3.8, 4) is 5.75 Å². The Morgan fingerprint density at radius 2 is 2.16 bits per heavy atom. The van der Waals surface area contributed by atoms with Gasteiger partial charge in [0.05, 0.1) is 12.0 Å². The second-order valence-corrected chi connectivity index (χ2v) is 5.80. The maximum absolute atomic E-state index is 10.9. The molecule has 0 unspecified atom stereocenters. The molecule has 1 heterocycles. The molecule has 104 valence electrons. The van der Waals surface area contributed by atoms with Gasteiger partial charge < -0.3 is 9.64 Å². The molecule has 1 aliphatic heterocycles. The first-order valence-corrected chi connectivity index (χ1v) is 6.50. The molecule has 1 aliphatic rings. The minimum atomic E-state index is -0.414. The summed E-state index contributed by atoms with van der Waals surface area (Å²) in [4.78, 5) is 12.7. The highest BCUT2D eigenvalue weighted by atomic mass is 16.6. The van der Waals surface area contributed by atoms with Crippen LogP contribution in [0.2, 0.25) is 0 Å². The summed E-state index contributed by atoms with van der Waals surface area (Å²) in [6.45, 7) is 6.46. The zero-order valence-corrected chi connectivity index (χ0v) is 11.7. The lowest BCUT2D eigenvalue weighted by molar-refractivity contribution is -0.385. The van der Waals surface area contributed by atoms with Gasteiger partial charge in [-0.05, 0) is 24.3 Å². The van der Waals surface area contributed by atoms with Gasteiger partial charge in [-0.1, -0.05) is 13.8 Å². The lowest BCUT2D eigenvalue weighted by Crippen LogP contribution is -2.40. The number of hydrogen-bond donors (Lipinski definition) is 0. The lowest BCUT2D eigenvalue weighted by Gasteiger charge is -2.39. The number of hydrogen-bond acceptors (Lipinski definition) is 4. The maximum Gasteiger partial charge on any atom is 0.311 e. The maximum atomic E-state index is 10.9. The number of piperidine rings is 1. The van der Waals surface area contributed by atoms with Gasteiger partial charge in [0.2, 0.25) is 0 Å². The summed E-state index contributed by atoms with van der Waals surface area (Å²) in [5.74, 6) is 0.325. The molecule has 0 atom stereocenters. The van der Waals surface area contributed by atoms with Crippen LogP contribution in [0.25, 0.3) is 0 Å². The van der Waals surface area contributed by atoms with Gasteiger partial charge in [0, 0.05) is 30.9 Å². The molecule has 5 nitrogen and oxygen atoms in total. The van der Waals surface area contributed by atoms with Gasteiger partial charge >= 0.3 is 5.69 Å². The van der Waals surface area contributed by atoms with Gasteiger partial charge in [-0.25, -0.2) is 0 Å². The highest BCUT2D eigenvalue weighted by Gasteiger charge is 2.27. The molecule has 0 spiro atoms. The van der Waals surface area contributed by atoms with Crippen LogP contribution in [0.15, 0.2) is 18.2 Å². The molecular formula is C14H20N2O3. The van der Waals surface area contributed by atoms with Crippen molar-refractivity contribution in [1.29, 1.82) is 0 Å². The average Bonchev–Trinajstić information content (AvgIpc) is 2.36. The van der Waals surface area contributed by atoms with E-state index in [0.29, 0.717) is 5.75 Å². The third kappa shape index (κ3) is 2.97. The van der Waals surface area contributed by atoms with E-state index in [1.54, 1.807) is 6.07 Å². The van der Waals surface area contributed by atoms with E-state index in [1.807, 2.05) is 6.07 Å². The monoisotopic (exact) mass is 264 g/mol. The summed E-state index contributed by atoms with van der Waals surface area (Å²) in [5, 5.41) is 10.9. The normalized spacial score (nSPS) is 18.2. The third-order valence-electron chi connectivity index (χ3n) is 3.63. The molecule has 0 bridgehead atoms. The highest BCUT2D eigenvalue weighted by Crippen LogP contribution is 2.35. The van der Waals surface area contributed by atoms with Crippen molar-refractivity contribution >= 4 is 11.4 Å². The van der Waals surface area contributed by atoms with Gasteiger partial charge in [-0.15, -0.1) is 0 Å². The van der Waals surface area contributed by atoms with E-state index in [4.69, 9.17) is 4.74 Å². The van der Waals surface area contributed by atoms with Crippen LogP contribution in [-0.2, 0) is 0 Å². The Kier molecular flexibility index (Phi) is 3.64. The van der Waals surface area contributed by atoms with Crippen LogP contribution >= 0.6 is 0 Å². The number of nitro benzene ring substituents is 1. The molecule has 0 aromatic heterocycles. The molecule has 0 radical (unpaired) electrons. The van der Waals surface area contributed by atoms with Crippen molar-refractivity contribution in [3.05, 3.63) is 28.3 Å².